The molecule has 0 saturated heterocycles. The molecule has 0 rings (SSSR count). The van der Waals surface area contributed by atoms with Crippen molar-refractivity contribution in [2.75, 3.05) is 11.5 Å². The van der Waals surface area contributed by atoms with Gasteiger partial charge in [-0.05, 0) is 6.92 Å². The molecular formula is C4H8F3NO4S2. The van der Waals surface area contributed by atoms with Crippen molar-refractivity contribution in [2.24, 2.45) is 0 Å². The van der Waals surface area contributed by atoms with Gasteiger partial charge in [-0.25, -0.2) is 16.8 Å². The molecule has 0 aliphatic heterocycles. The van der Waals surface area contributed by atoms with E-state index in [0.29, 0.717) is 0 Å². The minimum atomic E-state index is -4.96. The summed E-state index contributed by atoms with van der Waals surface area (Å²) in [5.41, 5.74) is 0. The molecule has 5 nitrogen and oxygen atoms in total. The van der Waals surface area contributed by atoms with Gasteiger partial charge in [0.1, 0.15) is 0 Å². The van der Waals surface area contributed by atoms with Crippen LogP contribution in [0.1, 0.15) is 6.92 Å². The summed E-state index contributed by atoms with van der Waals surface area (Å²) in [6.45, 7) is 1.10. The van der Waals surface area contributed by atoms with E-state index in [1.807, 2.05) is 0 Å². The van der Waals surface area contributed by atoms with Gasteiger partial charge in [0.15, 0.2) is 5.75 Å². The highest BCUT2D eigenvalue weighted by molar-refractivity contribution is 8.04. The van der Waals surface area contributed by atoms with Gasteiger partial charge in [0.2, 0.25) is 20.0 Å². The molecule has 14 heavy (non-hydrogen) atoms. The first-order valence-corrected chi connectivity index (χ1v) is 6.58. The lowest BCUT2D eigenvalue weighted by atomic mass is 10.8. The Morgan fingerprint density at radius 3 is 1.79 bits per heavy atom. The van der Waals surface area contributed by atoms with Gasteiger partial charge < -0.3 is 0 Å². The third-order valence-electron chi connectivity index (χ3n) is 0.988. The predicted octanol–water partition coefficient (Wildman–Crippen LogP) is -0.182. The minimum absolute atomic E-state index is 0.607. The molecular weight excluding hydrogens is 247 g/mol. The molecule has 0 saturated carbocycles. The van der Waals surface area contributed by atoms with Crippen LogP contribution in [-0.4, -0.2) is 34.5 Å². The molecule has 10 heteroatoms. The van der Waals surface area contributed by atoms with Crippen LogP contribution in [-0.2, 0) is 20.0 Å². The lowest BCUT2D eigenvalue weighted by Crippen LogP contribution is -2.38. The zero-order valence-corrected chi connectivity index (χ0v) is 8.63. The smallest absolute Gasteiger partial charge is 0.211 e. The van der Waals surface area contributed by atoms with Crippen molar-refractivity contribution in [3.8, 4) is 0 Å². The van der Waals surface area contributed by atoms with E-state index in [4.69, 9.17) is 0 Å². The third-order valence-corrected chi connectivity index (χ3v) is 4.49. The molecule has 0 heterocycles. The number of rotatable bonds is 4. The Hall–Kier alpha value is -0.350. The largest absolute Gasteiger partial charge is 0.404 e. The minimum Gasteiger partial charge on any atom is -0.211 e. The topological polar surface area (TPSA) is 80.3 Å². The lowest BCUT2D eigenvalue weighted by Gasteiger charge is -2.08. The van der Waals surface area contributed by atoms with Crippen molar-refractivity contribution < 1.29 is 30.0 Å². The van der Waals surface area contributed by atoms with Crippen LogP contribution < -0.4 is 4.13 Å². The summed E-state index contributed by atoms with van der Waals surface area (Å²) in [5, 5.41) is 0. The number of halogens is 3. The van der Waals surface area contributed by atoms with Crippen LogP contribution in [0, 0.1) is 0 Å². The summed E-state index contributed by atoms with van der Waals surface area (Å²) in [4.78, 5) is 0. The molecule has 86 valence electrons. The molecule has 0 bridgehead atoms. The van der Waals surface area contributed by atoms with Crippen LogP contribution in [0.25, 0.3) is 0 Å². The van der Waals surface area contributed by atoms with Crippen LogP contribution in [0.3, 0.4) is 0 Å². The first-order chi connectivity index (χ1) is 5.97. The maximum atomic E-state index is 11.6. The third kappa shape index (κ3) is 6.16. The second-order valence-corrected chi connectivity index (χ2v) is 6.35. The van der Waals surface area contributed by atoms with E-state index >= 15 is 0 Å². The van der Waals surface area contributed by atoms with Crippen molar-refractivity contribution in [2.45, 2.75) is 13.1 Å². The van der Waals surface area contributed by atoms with Gasteiger partial charge in [0.05, 0.1) is 5.75 Å². The maximum absolute atomic E-state index is 11.6. The van der Waals surface area contributed by atoms with E-state index in [1.54, 1.807) is 0 Å². The average molecular weight is 255 g/mol. The van der Waals surface area contributed by atoms with Crippen LogP contribution in [0.4, 0.5) is 13.2 Å². The Bertz CT molecular complexity index is 381. The second kappa shape index (κ2) is 4.03. The Morgan fingerprint density at radius 1 is 1.07 bits per heavy atom. The van der Waals surface area contributed by atoms with Crippen molar-refractivity contribution in [3.63, 3.8) is 0 Å². The number of nitrogens with one attached hydrogen (secondary N) is 1. The molecule has 0 amide bonds. The zero-order valence-electron chi connectivity index (χ0n) is 7.00. The predicted molar refractivity (Wildman–Crippen MR) is 42.4 cm³/mol. The Kier molecular flexibility index (Phi) is 3.93. The molecule has 0 aromatic rings. The van der Waals surface area contributed by atoms with E-state index in [2.05, 4.69) is 0 Å². The van der Waals surface area contributed by atoms with E-state index in [-0.39, 0.29) is 0 Å². The van der Waals surface area contributed by atoms with E-state index < -0.39 is 37.7 Å². The fraction of sp³-hybridized carbons (Fsp3) is 1.00. The fourth-order valence-electron chi connectivity index (χ4n) is 0.497. The van der Waals surface area contributed by atoms with Gasteiger partial charge in [0, 0.05) is 0 Å². The molecule has 0 fully saturated rings. The summed E-state index contributed by atoms with van der Waals surface area (Å²) < 4.78 is 78.3. The van der Waals surface area contributed by atoms with Gasteiger partial charge in [-0.2, -0.15) is 13.2 Å². The van der Waals surface area contributed by atoms with Gasteiger partial charge in [-0.15, -0.1) is 4.13 Å². The fourth-order valence-corrected chi connectivity index (χ4v) is 3.18. The number of sulfonamides is 2. The molecule has 0 unspecified atom stereocenters. The summed E-state index contributed by atoms with van der Waals surface area (Å²) in [6, 6.07) is 0. The second-order valence-electron chi connectivity index (χ2n) is 2.36. The van der Waals surface area contributed by atoms with Crippen LogP contribution >= 0.6 is 0 Å². The summed E-state index contributed by atoms with van der Waals surface area (Å²) >= 11 is 0. The van der Waals surface area contributed by atoms with E-state index in [0.717, 1.165) is 11.1 Å². The molecule has 0 aliphatic rings. The van der Waals surface area contributed by atoms with Crippen LogP contribution in [0.2, 0.25) is 0 Å². The normalized spacial score (nSPS) is 14.3. The van der Waals surface area contributed by atoms with Crippen molar-refractivity contribution in [1.82, 2.24) is 4.13 Å². The van der Waals surface area contributed by atoms with E-state index in [9.17, 15) is 30.0 Å². The van der Waals surface area contributed by atoms with Gasteiger partial charge in [0.25, 0.3) is 0 Å². The highest BCUT2D eigenvalue weighted by Crippen LogP contribution is 2.16. The number of alkyl halides is 3. The molecule has 1 N–H and O–H groups in total. The van der Waals surface area contributed by atoms with Crippen molar-refractivity contribution >= 4 is 20.0 Å². The Balaban J connectivity index is 4.70. The Labute approximate surface area is 79.4 Å². The van der Waals surface area contributed by atoms with Gasteiger partial charge >= 0.3 is 6.18 Å². The summed E-state index contributed by atoms with van der Waals surface area (Å²) in [6.07, 6.45) is -4.96. The first kappa shape index (κ1) is 13.7. The monoisotopic (exact) mass is 255 g/mol. The van der Waals surface area contributed by atoms with Crippen LogP contribution in [0.15, 0.2) is 0 Å². The Morgan fingerprint density at radius 2 is 1.50 bits per heavy atom. The SMILES string of the molecule is CCS(=O)(=O)NS(=O)(=O)CC(F)(F)F. The van der Waals surface area contributed by atoms with Crippen LogP contribution in [0.5, 0.6) is 0 Å². The van der Waals surface area contributed by atoms with Crippen molar-refractivity contribution in [3.05, 3.63) is 0 Å². The molecule has 0 aliphatic carbocycles. The lowest BCUT2D eigenvalue weighted by molar-refractivity contribution is -0.106. The standard InChI is InChI=1S/C4H8F3NO4S2/c1-2-13(9,10)8-14(11,12)3-4(5,6)7/h8H,2-3H2,1H3. The van der Waals surface area contributed by atoms with Gasteiger partial charge in [-0.1, -0.05) is 0 Å². The van der Waals surface area contributed by atoms with Crippen molar-refractivity contribution in [1.29, 1.82) is 0 Å². The first-order valence-electron chi connectivity index (χ1n) is 3.28. The van der Waals surface area contributed by atoms with Gasteiger partial charge in [-0.3, -0.25) is 0 Å². The quantitative estimate of drug-likeness (QED) is 0.755. The summed E-state index contributed by atoms with van der Waals surface area (Å²) in [7, 11) is -9.06. The highest BCUT2D eigenvalue weighted by Gasteiger charge is 2.36. The maximum Gasteiger partial charge on any atom is 0.404 e. The van der Waals surface area contributed by atoms with E-state index in [1.165, 1.54) is 0 Å². The zero-order chi connectivity index (χ0) is 11.6. The average Bonchev–Trinajstić information content (AvgIpc) is 1.78. The summed E-state index contributed by atoms with van der Waals surface area (Å²) in [5.74, 6) is -2.82. The molecule has 0 atom stereocenters. The number of hydrogen-bond acceptors (Lipinski definition) is 4. The molecule has 0 radical (unpaired) electrons. The molecule has 0 aromatic carbocycles. The highest BCUT2D eigenvalue weighted by atomic mass is 32.3. The molecule has 0 spiro atoms. The molecule has 0 aromatic heterocycles. The number of hydrogen-bond donors (Lipinski definition) is 1.